The Labute approximate surface area is 186 Å². The van der Waals surface area contributed by atoms with Gasteiger partial charge in [-0.05, 0) is 48.2 Å². The number of fused-ring (bicyclic) bond motifs is 1. The maximum absolute atomic E-state index is 13.3. The zero-order valence-corrected chi connectivity index (χ0v) is 18.5. The molecule has 4 nitrogen and oxygen atoms in total. The number of aromatic nitrogens is 2. The minimum atomic E-state index is -0.128. The van der Waals surface area contributed by atoms with Crippen molar-refractivity contribution in [3.63, 3.8) is 0 Å². The smallest absolute Gasteiger partial charge is 0.266 e. The summed E-state index contributed by atoms with van der Waals surface area (Å²) in [5, 5.41) is 1.08. The van der Waals surface area contributed by atoms with Gasteiger partial charge >= 0.3 is 0 Å². The molecule has 156 valence electrons. The van der Waals surface area contributed by atoms with Gasteiger partial charge in [-0.2, -0.15) is 0 Å². The molecule has 0 N–H and O–H groups in total. The average Bonchev–Trinajstić information content (AvgIpc) is 2.83. The fourth-order valence-electron chi connectivity index (χ4n) is 3.46. The standard InChI is InChI=1S/C26H24N2O2S/c1-3-18-9-13-20(14-10-18)24(29)17-31-26-27-23-8-6-5-7-22(23)25(30)28(26)21-15-11-19(4-2)12-16-21/h5-16H,3-4,17H2,1-2H3. The van der Waals surface area contributed by atoms with E-state index in [9.17, 15) is 9.59 Å². The first-order valence-corrected chi connectivity index (χ1v) is 11.4. The van der Waals surface area contributed by atoms with Crippen molar-refractivity contribution >= 4 is 28.4 Å². The molecule has 0 unspecified atom stereocenters. The van der Waals surface area contributed by atoms with Crippen LogP contribution < -0.4 is 5.56 Å². The summed E-state index contributed by atoms with van der Waals surface area (Å²) in [5.41, 5.74) is 4.33. The molecule has 0 spiro atoms. The van der Waals surface area contributed by atoms with Gasteiger partial charge in [0.2, 0.25) is 0 Å². The summed E-state index contributed by atoms with van der Waals surface area (Å²) in [6, 6.07) is 22.9. The lowest BCUT2D eigenvalue weighted by Crippen LogP contribution is -2.22. The second-order valence-corrected chi connectivity index (χ2v) is 8.28. The van der Waals surface area contributed by atoms with Gasteiger partial charge in [0, 0.05) is 5.56 Å². The molecular formula is C26H24N2O2S. The van der Waals surface area contributed by atoms with Gasteiger partial charge in [-0.1, -0.05) is 74.1 Å². The van der Waals surface area contributed by atoms with Gasteiger partial charge in [0.25, 0.3) is 5.56 Å². The lowest BCUT2D eigenvalue weighted by Gasteiger charge is -2.13. The third kappa shape index (κ3) is 4.47. The van der Waals surface area contributed by atoms with E-state index in [4.69, 9.17) is 4.98 Å². The minimum absolute atomic E-state index is 0.0166. The Morgan fingerprint density at radius 2 is 1.48 bits per heavy atom. The van der Waals surface area contributed by atoms with Crippen molar-refractivity contribution in [2.75, 3.05) is 5.75 Å². The fraction of sp³-hybridized carbons (Fsp3) is 0.192. The van der Waals surface area contributed by atoms with E-state index in [0.717, 1.165) is 18.5 Å². The van der Waals surface area contributed by atoms with Crippen LogP contribution in [0.3, 0.4) is 0 Å². The zero-order chi connectivity index (χ0) is 21.8. The Morgan fingerprint density at radius 3 is 2.13 bits per heavy atom. The molecule has 31 heavy (non-hydrogen) atoms. The van der Waals surface area contributed by atoms with Crippen molar-refractivity contribution in [3.05, 3.63) is 99.8 Å². The summed E-state index contributed by atoms with van der Waals surface area (Å²) in [6.07, 6.45) is 1.87. The van der Waals surface area contributed by atoms with Crippen LogP contribution in [0.15, 0.2) is 82.7 Å². The molecule has 4 rings (SSSR count). The summed E-state index contributed by atoms with van der Waals surface area (Å²) in [4.78, 5) is 30.8. The van der Waals surface area contributed by atoms with Gasteiger partial charge in [-0.15, -0.1) is 0 Å². The predicted molar refractivity (Wildman–Crippen MR) is 128 cm³/mol. The largest absolute Gasteiger partial charge is 0.293 e. The van der Waals surface area contributed by atoms with Crippen LogP contribution in [-0.4, -0.2) is 21.1 Å². The van der Waals surface area contributed by atoms with Gasteiger partial charge < -0.3 is 0 Å². The van der Waals surface area contributed by atoms with E-state index < -0.39 is 0 Å². The Balaban J connectivity index is 1.71. The maximum Gasteiger partial charge on any atom is 0.266 e. The second-order valence-electron chi connectivity index (χ2n) is 7.33. The molecule has 0 aliphatic carbocycles. The zero-order valence-electron chi connectivity index (χ0n) is 17.7. The highest BCUT2D eigenvalue weighted by molar-refractivity contribution is 7.99. The Bertz CT molecular complexity index is 1280. The number of benzene rings is 3. The number of para-hydroxylation sites is 1. The summed E-state index contributed by atoms with van der Waals surface area (Å²) >= 11 is 1.30. The number of carbonyl (C=O) groups excluding carboxylic acids is 1. The number of nitrogens with zero attached hydrogens (tertiary/aromatic N) is 2. The van der Waals surface area contributed by atoms with E-state index in [1.165, 1.54) is 22.9 Å². The quantitative estimate of drug-likeness (QED) is 0.222. The molecule has 0 saturated heterocycles. The molecule has 0 aliphatic rings. The second kappa shape index (κ2) is 9.31. The van der Waals surface area contributed by atoms with Crippen LogP contribution in [0.1, 0.15) is 35.3 Å². The molecule has 1 heterocycles. The summed E-state index contributed by atoms with van der Waals surface area (Å²) in [5.74, 6) is 0.228. The molecule has 0 fully saturated rings. The first-order chi connectivity index (χ1) is 15.1. The van der Waals surface area contributed by atoms with E-state index in [0.29, 0.717) is 21.6 Å². The molecule has 5 heteroatoms. The van der Waals surface area contributed by atoms with Crippen LogP contribution in [-0.2, 0) is 12.8 Å². The van der Waals surface area contributed by atoms with E-state index in [1.807, 2.05) is 66.7 Å². The number of ketones is 1. The first kappa shape index (κ1) is 21.1. The van der Waals surface area contributed by atoms with Gasteiger partial charge in [0.1, 0.15) is 0 Å². The number of aryl methyl sites for hydroxylation is 2. The van der Waals surface area contributed by atoms with Crippen LogP contribution in [0.4, 0.5) is 0 Å². The van der Waals surface area contributed by atoms with Gasteiger partial charge in [-0.25, -0.2) is 4.98 Å². The molecule has 0 radical (unpaired) electrons. The molecule has 0 aliphatic heterocycles. The summed E-state index contributed by atoms with van der Waals surface area (Å²) < 4.78 is 1.61. The van der Waals surface area contributed by atoms with Crippen LogP contribution in [0.2, 0.25) is 0 Å². The fourth-order valence-corrected chi connectivity index (χ4v) is 4.36. The average molecular weight is 429 g/mol. The Morgan fingerprint density at radius 1 is 0.871 bits per heavy atom. The number of carbonyl (C=O) groups is 1. The van der Waals surface area contributed by atoms with E-state index in [-0.39, 0.29) is 17.1 Å². The Kier molecular flexibility index (Phi) is 6.33. The van der Waals surface area contributed by atoms with Crippen molar-refractivity contribution in [1.82, 2.24) is 9.55 Å². The molecule has 0 amide bonds. The van der Waals surface area contributed by atoms with Crippen molar-refractivity contribution in [3.8, 4) is 5.69 Å². The lowest BCUT2D eigenvalue weighted by atomic mass is 10.1. The third-order valence-electron chi connectivity index (χ3n) is 5.36. The molecule has 0 saturated carbocycles. The third-order valence-corrected chi connectivity index (χ3v) is 6.30. The molecule has 0 bridgehead atoms. The predicted octanol–water partition coefficient (Wildman–Crippen LogP) is 5.49. The number of hydrogen-bond acceptors (Lipinski definition) is 4. The molecular weight excluding hydrogens is 404 g/mol. The van der Waals surface area contributed by atoms with E-state index in [2.05, 4.69) is 13.8 Å². The Hall–Kier alpha value is -3.18. The van der Waals surface area contributed by atoms with Crippen LogP contribution in [0, 0.1) is 0 Å². The summed E-state index contributed by atoms with van der Waals surface area (Å²) in [6.45, 7) is 4.18. The van der Waals surface area contributed by atoms with E-state index >= 15 is 0 Å². The molecule has 4 aromatic rings. The summed E-state index contributed by atoms with van der Waals surface area (Å²) in [7, 11) is 0. The van der Waals surface area contributed by atoms with Crippen molar-refractivity contribution in [1.29, 1.82) is 0 Å². The maximum atomic E-state index is 13.3. The van der Waals surface area contributed by atoms with Gasteiger partial charge in [0.15, 0.2) is 10.9 Å². The SMILES string of the molecule is CCc1ccc(C(=O)CSc2nc3ccccc3c(=O)n2-c2ccc(CC)cc2)cc1. The van der Waals surface area contributed by atoms with Crippen molar-refractivity contribution < 1.29 is 4.79 Å². The number of thioether (sulfide) groups is 1. The number of Topliss-reactive ketones (excluding diaryl/α,β-unsaturated/α-hetero) is 1. The van der Waals surface area contributed by atoms with Crippen molar-refractivity contribution in [2.45, 2.75) is 31.8 Å². The number of rotatable bonds is 7. The van der Waals surface area contributed by atoms with Crippen LogP contribution >= 0.6 is 11.8 Å². The minimum Gasteiger partial charge on any atom is -0.293 e. The highest BCUT2D eigenvalue weighted by atomic mass is 32.2. The highest BCUT2D eigenvalue weighted by Crippen LogP contribution is 2.23. The highest BCUT2D eigenvalue weighted by Gasteiger charge is 2.15. The van der Waals surface area contributed by atoms with Crippen LogP contribution in [0.5, 0.6) is 0 Å². The topological polar surface area (TPSA) is 52.0 Å². The monoisotopic (exact) mass is 428 g/mol. The lowest BCUT2D eigenvalue weighted by molar-refractivity contribution is 0.102. The van der Waals surface area contributed by atoms with Crippen LogP contribution in [0.25, 0.3) is 16.6 Å². The normalized spacial score (nSPS) is 11.0. The first-order valence-electron chi connectivity index (χ1n) is 10.5. The molecule has 1 aromatic heterocycles. The number of hydrogen-bond donors (Lipinski definition) is 0. The molecule has 3 aromatic carbocycles. The van der Waals surface area contributed by atoms with Crippen molar-refractivity contribution in [2.24, 2.45) is 0 Å². The van der Waals surface area contributed by atoms with Gasteiger partial charge in [-0.3, -0.25) is 14.2 Å². The molecule has 0 atom stereocenters. The van der Waals surface area contributed by atoms with Gasteiger partial charge in [0.05, 0.1) is 22.3 Å². The van der Waals surface area contributed by atoms with E-state index in [1.54, 1.807) is 10.6 Å².